The summed E-state index contributed by atoms with van der Waals surface area (Å²) in [6.07, 6.45) is 0. The van der Waals surface area contributed by atoms with Crippen LogP contribution < -0.4 is 10.9 Å². The predicted molar refractivity (Wildman–Crippen MR) is 107 cm³/mol. The molecular formula is C20H18ClN3O4. The number of nitrogens with zero attached hydrogens (tertiary/aromatic N) is 2. The van der Waals surface area contributed by atoms with Gasteiger partial charge in [0.25, 0.3) is 5.56 Å². The first-order chi connectivity index (χ1) is 13.3. The van der Waals surface area contributed by atoms with Gasteiger partial charge in [0.15, 0.2) is 5.69 Å². The molecule has 28 heavy (non-hydrogen) atoms. The van der Waals surface area contributed by atoms with E-state index in [1.165, 1.54) is 7.11 Å². The third-order valence-corrected chi connectivity index (χ3v) is 4.53. The molecule has 0 aliphatic carbocycles. The normalized spacial score (nSPS) is 10.7. The molecule has 0 fully saturated rings. The molecule has 0 unspecified atom stereocenters. The van der Waals surface area contributed by atoms with Crippen LogP contribution in [-0.4, -0.2) is 28.8 Å². The molecule has 3 rings (SSSR count). The van der Waals surface area contributed by atoms with Crippen molar-refractivity contribution in [2.45, 2.75) is 20.4 Å². The van der Waals surface area contributed by atoms with Crippen molar-refractivity contribution in [3.8, 4) is 0 Å². The van der Waals surface area contributed by atoms with Crippen molar-refractivity contribution in [2.75, 3.05) is 12.4 Å². The van der Waals surface area contributed by atoms with Crippen molar-refractivity contribution in [2.24, 2.45) is 0 Å². The number of fused-ring (bicyclic) bond motifs is 1. The Kier molecular flexibility index (Phi) is 5.46. The minimum Gasteiger partial charge on any atom is -0.464 e. The van der Waals surface area contributed by atoms with E-state index in [0.717, 1.165) is 15.8 Å². The molecule has 0 saturated carbocycles. The van der Waals surface area contributed by atoms with Gasteiger partial charge in [-0.05, 0) is 37.1 Å². The molecule has 144 valence electrons. The van der Waals surface area contributed by atoms with E-state index in [1.54, 1.807) is 30.3 Å². The molecule has 1 N–H and O–H groups in total. The Bertz CT molecular complexity index is 1130. The number of amides is 1. The number of anilines is 1. The van der Waals surface area contributed by atoms with Gasteiger partial charge in [-0.15, -0.1) is 0 Å². The maximum atomic E-state index is 12.7. The summed E-state index contributed by atoms with van der Waals surface area (Å²) in [4.78, 5) is 37.3. The lowest BCUT2D eigenvalue weighted by molar-refractivity contribution is -0.117. The highest BCUT2D eigenvalue weighted by molar-refractivity contribution is 6.34. The van der Waals surface area contributed by atoms with Gasteiger partial charge in [-0.2, -0.15) is 5.10 Å². The minimum absolute atomic E-state index is 0.0324. The Labute approximate surface area is 165 Å². The maximum Gasteiger partial charge on any atom is 0.359 e. The highest BCUT2D eigenvalue weighted by Crippen LogP contribution is 2.27. The Morgan fingerprint density at radius 1 is 1.18 bits per heavy atom. The molecule has 0 saturated heterocycles. The first kappa shape index (κ1) is 19.6. The third-order valence-electron chi connectivity index (χ3n) is 4.24. The van der Waals surface area contributed by atoms with Crippen LogP contribution in [0.5, 0.6) is 0 Å². The number of ether oxygens (including phenoxy) is 1. The van der Waals surface area contributed by atoms with E-state index in [2.05, 4.69) is 10.4 Å². The smallest absolute Gasteiger partial charge is 0.359 e. The molecule has 3 aromatic rings. The minimum atomic E-state index is -0.692. The first-order valence-electron chi connectivity index (χ1n) is 8.46. The van der Waals surface area contributed by atoms with Gasteiger partial charge in [-0.25, -0.2) is 9.48 Å². The molecule has 0 aliphatic rings. The SMILES string of the molecule is COC(=O)c1nn(CC(=O)Nc2c(C)cc(C)cc2Cl)c(=O)c2ccccc12. The zero-order valence-electron chi connectivity index (χ0n) is 15.6. The molecule has 8 heteroatoms. The lowest BCUT2D eigenvalue weighted by Crippen LogP contribution is -2.31. The van der Waals surface area contributed by atoms with Crippen LogP contribution in [0, 0.1) is 13.8 Å². The number of aromatic nitrogens is 2. The Morgan fingerprint density at radius 2 is 1.86 bits per heavy atom. The number of rotatable bonds is 4. The second-order valence-electron chi connectivity index (χ2n) is 6.34. The monoisotopic (exact) mass is 399 g/mol. The number of nitrogens with one attached hydrogen (secondary N) is 1. The van der Waals surface area contributed by atoms with Crippen LogP contribution >= 0.6 is 11.6 Å². The summed E-state index contributed by atoms with van der Waals surface area (Å²) in [7, 11) is 1.23. The molecule has 0 bridgehead atoms. The van der Waals surface area contributed by atoms with Crippen molar-refractivity contribution in [3.63, 3.8) is 0 Å². The molecule has 1 amide bonds. The fourth-order valence-corrected chi connectivity index (χ4v) is 3.35. The molecule has 0 radical (unpaired) electrons. The van der Waals surface area contributed by atoms with E-state index in [0.29, 0.717) is 16.1 Å². The Hall–Kier alpha value is -3.19. The van der Waals surface area contributed by atoms with Crippen LogP contribution in [0.25, 0.3) is 10.8 Å². The number of methoxy groups -OCH3 is 1. The van der Waals surface area contributed by atoms with Crippen molar-refractivity contribution < 1.29 is 14.3 Å². The van der Waals surface area contributed by atoms with Gasteiger partial charge in [0.1, 0.15) is 6.54 Å². The van der Waals surface area contributed by atoms with Gasteiger partial charge in [0.2, 0.25) is 5.91 Å². The lowest BCUT2D eigenvalue weighted by atomic mass is 10.1. The van der Waals surface area contributed by atoms with E-state index in [4.69, 9.17) is 16.3 Å². The van der Waals surface area contributed by atoms with Crippen LogP contribution in [0.4, 0.5) is 5.69 Å². The topological polar surface area (TPSA) is 90.3 Å². The molecule has 2 aromatic carbocycles. The number of halogens is 1. The number of benzene rings is 2. The zero-order valence-corrected chi connectivity index (χ0v) is 16.3. The highest BCUT2D eigenvalue weighted by atomic mass is 35.5. The zero-order chi connectivity index (χ0) is 20.4. The van der Waals surface area contributed by atoms with Crippen LogP contribution in [0.3, 0.4) is 0 Å². The summed E-state index contributed by atoms with van der Waals surface area (Å²) >= 11 is 6.22. The second kappa shape index (κ2) is 7.82. The van der Waals surface area contributed by atoms with E-state index in [9.17, 15) is 14.4 Å². The number of hydrogen-bond acceptors (Lipinski definition) is 5. The largest absolute Gasteiger partial charge is 0.464 e. The summed E-state index contributed by atoms with van der Waals surface area (Å²) in [5.41, 5.74) is 1.72. The molecule has 0 atom stereocenters. The maximum absolute atomic E-state index is 12.7. The van der Waals surface area contributed by atoms with E-state index in [-0.39, 0.29) is 17.6 Å². The Morgan fingerprint density at radius 3 is 2.50 bits per heavy atom. The summed E-state index contributed by atoms with van der Waals surface area (Å²) in [5.74, 6) is -1.18. The number of aryl methyl sites for hydroxylation is 2. The molecule has 7 nitrogen and oxygen atoms in total. The predicted octanol–water partition coefficient (Wildman–Crippen LogP) is 3.09. The van der Waals surface area contributed by atoms with E-state index in [1.807, 2.05) is 19.9 Å². The van der Waals surface area contributed by atoms with Gasteiger partial charge >= 0.3 is 5.97 Å². The Balaban J connectivity index is 1.98. The van der Waals surface area contributed by atoms with Crippen LogP contribution in [0.15, 0.2) is 41.2 Å². The second-order valence-corrected chi connectivity index (χ2v) is 6.74. The molecule has 0 spiro atoms. The summed E-state index contributed by atoms with van der Waals surface area (Å²) in [6, 6.07) is 10.2. The van der Waals surface area contributed by atoms with Crippen molar-refractivity contribution >= 4 is 39.9 Å². The average Bonchev–Trinajstić information content (AvgIpc) is 2.66. The molecule has 1 heterocycles. The fraction of sp³-hybridized carbons (Fsp3) is 0.200. The average molecular weight is 400 g/mol. The number of carbonyl (C=O) groups is 2. The van der Waals surface area contributed by atoms with Gasteiger partial charge in [-0.1, -0.05) is 35.9 Å². The van der Waals surface area contributed by atoms with Crippen molar-refractivity contribution in [1.29, 1.82) is 0 Å². The van der Waals surface area contributed by atoms with E-state index >= 15 is 0 Å². The van der Waals surface area contributed by atoms with Crippen molar-refractivity contribution in [3.05, 3.63) is 68.6 Å². The summed E-state index contributed by atoms with van der Waals surface area (Å²) in [5, 5.41) is 7.80. The molecule has 1 aromatic heterocycles. The van der Waals surface area contributed by atoms with Crippen LogP contribution in [0.2, 0.25) is 5.02 Å². The lowest BCUT2D eigenvalue weighted by Gasteiger charge is -2.13. The van der Waals surface area contributed by atoms with Gasteiger partial charge in [0.05, 0.1) is 23.2 Å². The summed E-state index contributed by atoms with van der Waals surface area (Å²) in [6.45, 7) is 3.35. The molecular weight excluding hydrogens is 382 g/mol. The van der Waals surface area contributed by atoms with E-state index < -0.39 is 17.4 Å². The number of hydrogen-bond donors (Lipinski definition) is 1. The number of esters is 1. The van der Waals surface area contributed by atoms with Crippen molar-refractivity contribution in [1.82, 2.24) is 9.78 Å². The fourth-order valence-electron chi connectivity index (χ4n) is 2.98. The number of carbonyl (C=O) groups excluding carboxylic acids is 2. The highest BCUT2D eigenvalue weighted by Gasteiger charge is 2.19. The van der Waals surface area contributed by atoms with Gasteiger partial charge in [-0.3, -0.25) is 9.59 Å². The third kappa shape index (κ3) is 3.75. The van der Waals surface area contributed by atoms with Gasteiger partial charge < -0.3 is 10.1 Å². The van der Waals surface area contributed by atoms with Gasteiger partial charge in [0, 0.05) is 5.39 Å². The summed E-state index contributed by atoms with van der Waals surface area (Å²) < 4.78 is 5.69. The quantitative estimate of drug-likeness (QED) is 0.681. The first-order valence-corrected chi connectivity index (χ1v) is 8.84. The standard InChI is InChI=1S/C20H18ClN3O4/c1-11-8-12(2)17(15(21)9-11)22-16(25)10-24-19(26)14-7-5-4-6-13(14)18(23-24)20(27)28-3/h4-9H,10H2,1-3H3,(H,22,25). The van der Waals surface area contributed by atoms with Crippen LogP contribution in [-0.2, 0) is 16.1 Å². The molecule has 0 aliphatic heterocycles. The van der Waals surface area contributed by atoms with Crippen LogP contribution in [0.1, 0.15) is 21.6 Å².